The van der Waals surface area contributed by atoms with E-state index >= 15 is 0 Å². The number of amides is 2. The van der Waals surface area contributed by atoms with Gasteiger partial charge in [0.15, 0.2) is 12.3 Å². The lowest BCUT2D eigenvalue weighted by atomic mass is 10.2. The van der Waals surface area contributed by atoms with Crippen molar-refractivity contribution in [3.63, 3.8) is 0 Å². The van der Waals surface area contributed by atoms with Crippen molar-refractivity contribution in [2.24, 2.45) is 0 Å². The van der Waals surface area contributed by atoms with Gasteiger partial charge in [-0.3, -0.25) is 14.6 Å². The molecule has 8 nitrogen and oxygen atoms in total. The molecule has 144 valence electrons. The quantitative estimate of drug-likeness (QED) is 0.704. The molecule has 0 aliphatic carbocycles. The maximum Gasteiger partial charge on any atom is 0.273 e. The molecule has 0 spiro atoms. The Balaban J connectivity index is 1.34. The fourth-order valence-electron chi connectivity index (χ4n) is 3.20. The van der Waals surface area contributed by atoms with Gasteiger partial charge >= 0.3 is 0 Å². The van der Waals surface area contributed by atoms with Crippen molar-refractivity contribution < 1.29 is 18.7 Å². The summed E-state index contributed by atoms with van der Waals surface area (Å²) < 4.78 is 11.0. The van der Waals surface area contributed by atoms with E-state index in [1.165, 1.54) is 6.26 Å². The van der Waals surface area contributed by atoms with E-state index < -0.39 is 0 Å². The number of aromatic nitrogens is 2. The molecule has 1 saturated heterocycles. The van der Waals surface area contributed by atoms with Crippen molar-refractivity contribution in [1.29, 1.82) is 0 Å². The lowest BCUT2D eigenvalue weighted by Gasteiger charge is -2.13. The van der Waals surface area contributed by atoms with E-state index in [2.05, 4.69) is 15.3 Å². The molecule has 1 aliphatic heterocycles. The predicted molar refractivity (Wildman–Crippen MR) is 101 cm³/mol. The molecule has 2 aromatic heterocycles. The summed E-state index contributed by atoms with van der Waals surface area (Å²) in [5.74, 6) is 0.651. The van der Waals surface area contributed by atoms with Crippen molar-refractivity contribution in [3.05, 3.63) is 54.4 Å². The zero-order chi connectivity index (χ0) is 19.5. The van der Waals surface area contributed by atoms with Crippen LogP contribution in [0.5, 0.6) is 5.75 Å². The van der Waals surface area contributed by atoms with Crippen molar-refractivity contribution in [1.82, 2.24) is 20.2 Å². The summed E-state index contributed by atoms with van der Waals surface area (Å²) in [6, 6.07) is 9.20. The third-order valence-corrected chi connectivity index (χ3v) is 4.65. The Morgan fingerprint density at radius 3 is 3.11 bits per heavy atom. The summed E-state index contributed by atoms with van der Waals surface area (Å²) >= 11 is 0. The highest BCUT2D eigenvalue weighted by Gasteiger charge is 2.30. The second-order valence-corrected chi connectivity index (χ2v) is 6.58. The highest BCUT2D eigenvalue weighted by Crippen LogP contribution is 2.20. The van der Waals surface area contributed by atoms with Crippen LogP contribution >= 0.6 is 0 Å². The Morgan fingerprint density at radius 2 is 2.29 bits per heavy atom. The van der Waals surface area contributed by atoms with Gasteiger partial charge in [-0.2, -0.15) is 0 Å². The topological polar surface area (TPSA) is 97.6 Å². The van der Waals surface area contributed by atoms with Crippen LogP contribution in [0.4, 0.5) is 0 Å². The monoisotopic (exact) mass is 380 g/mol. The molecule has 0 bridgehead atoms. The molecule has 1 N–H and O–H groups in total. The number of likely N-dealkylation sites (tertiary alicyclic amines) is 1. The first-order valence-corrected chi connectivity index (χ1v) is 9.13. The van der Waals surface area contributed by atoms with E-state index in [1.54, 1.807) is 11.1 Å². The van der Waals surface area contributed by atoms with Gasteiger partial charge in [-0.1, -0.05) is 6.07 Å². The molecule has 1 aromatic carbocycles. The summed E-state index contributed by atoms with van der Waals surface area (Å²) in [7, 11) is 0. The number of nitrogens with zero attached hydrogens (tertiary/aromatic N) is 3. The number of carbonyl (C=O) groups is 2. The highest BCUT2D eigenvalue weighted by molar-refractivity contribution is 5.93. The molecule has 1 atom stereocenters. The number of likely N-dealkylation sites (N-methyl/N-ethyl adjacent to an activating group) is 1. The first-order valence-electron chi connectivity index (χ1n) is 9.13. The minimum Gasteiger partial charge on any atom is -0.484 e. The second-order valence-electron chi connectivity index (χ2n) is 6.58. The maximum absolute atomic E-state index is 12.3. The number of ether oxygens (including phenoxy) is 1. The second kappa shape index (κ2) is 7.67. The minimum atomic E-state index is -0.359. The number of pyridine rings is 1. The number of carbonyl (C=O) groups excluding carboxylic acids is 2. The van der Waals surface area contributed by atoms with Crippen LogP contribution in [0.2, 0.25) is 0 Å². The molecule has 28 heavy (non-hydrogen) atoms. The molecule has 0 saturated carbocycles. The van der Waals surface area contributed by atoms with Crippen LogP contribution < -0.4 is 10.1 Å². The van der Waals surface area contributed by atoms with Gasteiger partial charge in [-0.15, -0.1) is 0 Å². The number of fused-ring (bicyclic) bond motifs is 1. The zero-order valence-corrected chi connectivity index (χ0v) is 15.4. The third kappa shape index (κ3) is 3.80. The summed E-state index contributed by atoms with van der Waals surface area (Å²) in [4.78, 5) is 34.2. The molecule has 0 radical (unpaired) electrons. The molecule has 1 fully saturated rings. The molecule has 3 heterocycles. The number of benzene rings is 1. The Hall–Kier alpha value is -3.42. The summed E-state index contributed by atoms with van der Waals surface area (Å²) in [6.07, 6.45) is 3.35. The minimum absolute atomic E-state index is 0.0487. The fourth-order valence-corrected chi connectivity index (χ4v) is 3.20. The average molecular weight is 380 g/mol. The summed E-state index contributed by atoms with van der Waals surface area (Å²) in [5.41, 5.74) is 1.06. The van der Waals surface area contributed by atoms with Crippen molar-refractivity contribution in [3.8, 4) is 5.75 Å². The number of nitrogens with one attached hydrogen (secondary N) is 1. The summed E-state index contributed by atoms with van der Waals surface area (Å²) in [5, 5.41) is 3.80. The van der Waals surface area contributed by atoms with Crippen LogP contribution in [0.25, 0.3) is 10.9 Å². The van der Waals surface area contributed by atoms with Crippen molar-refractivity contribution in [2.45, 2.75) is 26.0 Å². The molecule has 0 unspecified atom stereocenters. The largest absolute Gasteiger partial charge is 0.484 e. The Bertz CT molecular complexity index is 1020. The number of hydrogen-bond donors (Lipinski definition) is 1. The molecule has 8 heteroatoms. The third-order valence-electron chi connectivity index (χ3n) is 4.65. The van der Waals surface area contributed by atoms with E-state index in [1.807, 2.05) is 37.3 Å². The normalized spacial score (nSPS) is 16.5. The van der Waals surface area contributed by atoms with Crippen LogP contribution in [-0.2, 0) is 11.4 Å². The fraction of sp³-hybridized carbons (Fsp3) is 0.300. The van der Waals surface area contributed by atoms with Crippen LogP contribution in [0.3, 0.4) is 0 Å². The van der Waals surface area contributed by atoms with Gasteiger partial charge in [-0.05, 0) is 31.2 Å². The van der Waals surface area contributed by atoms with Crippen LogP contribution in [0.15, 0.2) is 47.2 Å². The average Bonchev–Trinajstić information content (AvgIpc) is 3.32. The number of oxazole rings is 1. The Labute approximate surface area is 161 Å². The van der Waals surface area contributed by atoms with E-state index in [0.29, 0.717) is 31.2 Å². The van der Waals surface area contributed by atoms with Gasteiger partial charge in [0, 0.05) is 31.1 Å². The van der Waals surface area contributed by atoms with Crippen molar-refractivity contribution in [2.75, 3.05) is 13.1 Å². The number of rotatable bonds is 6. The lowest BCUT2D eigenvalue weighted by Crippen LogP contribution is -2.37. The highest BCUT2D eigenvalue weighted by atomic mass is 16.5. The van der Waals surface area contributed by atoms with E-state index in [-0.39, 0.29) is 30.2 Å². The molecule has 1 aliphatic rings. The summed E-state index contributed by atoms with van der Waals surface area (Å²) in [6.45, 7) is 3.18. The molecular formula is C20H20N4O4. The SMILES string of the molecule is CCN1C[C@H](NC(=O)c2coc(COc3ccc4ncccc4c3)n2)CC1=O. The predicted octanol–water partition coefficient (Wildman–Crippen LogP) is 2.15. The van der Waals surface area contributed by atoms with Gasteiger partial charge in [0.1, 0.15) is 12.0 Å². The maximum atomic E-state index is 12.3. The van der Waals surface area contributed by atoms with Gasteiger partial charge in [0.05, 0.1) is 11.6 Å². The van der Waals surface area contributed by atoms with Gasteiger partial charge in [-0.25, -0.2) is 4.98 Å². The first kappa shape index (κ1) is 18.0. The van der Waals surface area contributed by atoms with Crippen molar-refractivity contribution >= 4 is 22.7 Å². The molecule has 4 rings (SSSR count). The van der Waals surface area contributed by atoms with E-state index in [0.717, 1.165) is 10.9 Å². The van der Waals surface area contributed by atoms with E-state index in [9.17, 15) is 9.59 Å². The Kier molecular flexibility index (Phi) is 4.92. The molecule has 2 amide bonds. The van der Waals surface area contributed by atoms with Gasteiger partial charge in [0.2, 0.25) is 11.8 Å². The van der Waals surface area contributed by atoms with Gasteiger partial charge < -0.3 is 19.4 Å². The standard InChI is InChI=1S/C20H20N4O4/c1-2-24-10-14(9-19(24)25)22-20(26)17-11-28-18(23-17)12-27-15-5-6-16-13(8-15)4-3-7-21-16/h3-8,11,14H,2,9-10,12H2,1H3,(H,22,26)/t14-/m1/s1. The van der Waals surface area contributed by atoms with Crippen LogP contribution in [0.1, 0.15) is 29.7 Å². The number of hydrogen-bond acceptors (Lipinski definition) is 6. The Morgan fingerprint density at radius 1 is 1.39 bits per heavy atom. The smallest absolute Gasteiger partial charge is 0.273 e. The molecule has 3 aromatic rings. The van der Waals surface area contributed by atoms with Gasteiger partial charge in [0.25, 0.3) is 5.91 Å². The zero-order valence-electron chi connectivity index (χ0n) is 15.4. The van der Waals surface area contributed by atoms with Crippen LogP contribution in [-0.4, -0.2) is 45.8 Å². The molecular weight excluding hydrogens is 360 g/mol. The van der Waals surface area contributed by atoms with Crippen LogP contribution in [0, 0.1) is 0 Å². The first-order chi connectivity index (χ1) is 13.6. The lowest BCUT2D eigenvalue weighted by molar-refractivity contribution is -0.127. The van der Waals surface area contributed by atoms with E-state index in [4.69, 9.17) is 9.15 Å².